The molecule has 6 atom stereocenters. The van der Waals surface area contributed by atoms with E-state index in [0.717, 1.165) is 37.0 Å². The molecule has 13 heteroatoms. The summed E-state index contributed by atoms with van der Waals surface area (Å²) < 4.78 is 65.8. The number of methoxy groups -OCH3 is 1. The molecule has 0 unspecified atom stereocenters. The van der Waals surface area contributed by atoms with E-state index in [1.807, 2.05) is 0 Å². The van der Waals surface area contributed by atoms with Crippen LogP contribution < -0.4 is 15.4 Å². The molecule has 3 saturated carbocycles. The Kier molecular flexibility index (Phi) is 7.79. The van der Waals surface area contributed by atoms with Crippen LogP contribution in [0, 0.1) is 35.4 Å². The van der Waals surface area contributed by atoms with Crippen LogP contribution >= 0.6 is 0 Å². The van der Waals surface area contributed by atoms with E-state index in [4.69, 9.17) is 14.3 Å². The summed E-state index contributed by atoms with van der Waals surface area (Å²) in [6.45, 7) is 0.727. The van der Waals surface area contributed by atoms with Crippen LogP contribution in [0.4, 0.5) is 23.2 Å². The number of alkyl halides is 3. The molecule has 46 heavy (non-hydrogen) atoms. The normalized spacial score (nSPS) is 29.4. The largest absolute Gasteiger partial charge is 0.496 e. The van der Waals surface area contributed by atoms with Gasteiger partial charge >= 0.3 is 6.18 Å². The molecule has 2 aromatic carbocycles. The van der Waals surface area contributed by atoms with Crippen LogP contribution in [0.15, 0.2) is 48.0 Å². The Bertz CT molecular complexity index is 1610. The quantitative estimate of drug-likeness (QED) is 0.314. The molecule has 0 spiro atoms. The molecule has 244 valence electrons. The van der Waals surface area contributed by atoms with E-state index < -0.39 is 47.0 Å². The second-order valence-corrected chi connectivity index (χ2v) is 12.7. The molecule has 0 aromatic heterocycles. The van der Waals surface area contributed by atoms with Gasteiger partial charge in [0.25, 0.3) is 11.8 Å². The number of rotatable bonds is 8. The van der Waals surface area contributed by atoms with Crippen molar-refractivity contribution in [1.82, 2.24) is 10.4 Å². The van der Waals surface area contributed by atoms with E-state index in [0.29, 0.717) is 37.2 Å². The Morgan fingerprint density at radius 1 is 1.04 bits per heavy atom. The van der Waals surface area contributed by atoms with Crippen LogP contribution in [0.1, 0.15) is 47.2 Å². The van der Waals surface area contributed by atoms with Crippen molar-refractivity contribution in [1.29, 1.82) is 0 Å². The summed E-state index contributed by atoms with van der Waals surface area (Å²) in [6, 6.07) is 6.38. The number of nitrogens with zero attached hydrogens (tertiary/aromatic N) is 1. The Morgan fingerprint density at radius 2 is 1.83 bits per heavy atom. The van der Waals surface area contributed by atoms with Gasteiger partial charge in [0.2, 0.25) is 5.91 Å². The average Bonchev–Trinajstić information content (AvgIpc) is 3.30. The first kappa shape index (κ1) is 30.7. The SMILES string of the molecule is COc1ccc(CN2O[C@H]3COC[C@H]3C2=O)cc1C(=O)N[C@H]1[C@@H](C(=O)Nc2ccc(F)cc2C(F)(F)F)[C@H]2CC[C@@H]1/C2=C\C1CC1. The van der Waals surface area contributed by atoms with Crippen LogP contribution in [0.5, 0.6) is 5.75 Å². The zero-order chi connectivity index (χ0) is 32.3. The third-order valence-corrected chi connectivity index (χ3v) is 9.78. The van der Waals surface area contributed by atoms with Crippen LogP contribution in [-0.2, 0) is 31.9 Å². The number of amides is 3. The molecule has 9 nitrogen and oxygen atoms in total. The first-order valence-electron chi connectivity index (χ1n) is 15.4. The minimum absolute atomic E-state index is 0.0999. The van der Waals surface area contributed by atoms with E-state index in [9.17, 15) is 31.9 Å². The van der Waals surface area contributed by atoms with Crippen molar-refractivity contribution in [3.63, 3.8) is 0 Å². The monoisotopic (exact) mass is 643 g/mol. The number of ether oxygens (including phenoxy) is 2. The molecule has 3 aliphatic carbocycles. The molecule has 2 heterocycles. The van der Waals surface area contributed by atoms with Crippen LogP contribution in [0.2, 0.25) is 0 Å². The van der Waals surface area contributed by atoms with Gasteiger partial charge in [-0.15, -0.1) is 0 Å². The van der Waals surface area contributed by atoms with E-state index in [2.05, 4.69) is 16.7 Å². The summed E-state index contributed by atoms with van der Waals surface area (Å²) in [5, 5.41) is 6.71. The summed E-state index contributed by atoms with van der Waals surface area (Å²) in [4.78, 5) is 46.2. The van der Waals surface area contributed by atoms with E-state index in [1.165, 1.54) is 12.2 Å². The molecular weight excluding hydrogens is 610 g/mol. The van der Waals surface area contributed by atoms with Gasteiger partial charge in [-0.3, -0.25) is 19.2 Å². The van der Waals surface area contributed by atoms with Crippen molar-refractivity contribution in [2.24, 2.45) is 29.6 Å². The first-order chi connectivity index (χ1) is 22.0. The maximum absolute atomic E-state index is 13.9. The Labute approximate surface area is 262 Å². The van der Waals surface area contributed by atoms with Crippen molar-refractivity contribution in [3.8, 4) is 5.75 Å². The van der Waals surface area contributed by atoms with Gasteiger partial charge in [0.15, 0.2) is 0 Å². The number of hydroxylamine groups is 2. The van der Waals surface area contributed by atoms with Gasteiger partial charge in [-0.1, -0.05) is 17.7 Å². The highest BCUT2D eigenvalue weighted by Crippen LogP contribution is 2.54. The molecule has 5 fully saturated rings. The molecule has 0 radical (unpaired) electrons. The number of carbonyl (C=O) groups excluding carboxylic acids is 3. The van der Waals surface area contributed by atoms with Gasteiger partial charge in [0, 0.05) is 12.0 Å². The molecule has 2 saturated heterocycles. The topological polar surface area (TPSA) is 106 Å². The zero-order valence-electron chi connectivity index (χ0n) is 24.9. The predicted molar refractivity (Wildman–Crippen MR) is 155 cm³/mol. The number of allylic oxidation sites excluding steroid dienone is 1. The number of benzene rings is 2. The van der Waals surface area contributed by atoms with Gasteiger partial charge in [0.1, 0.15) is 17.7 Å². The smallest absolute Gasteiger partial charge is 0.418 e. The number of hydrogen-bond acceptors (Lipinski definition) is 6. The summed E-state index contributed by atoms with van der Waals surface area (Å²) in [5.41, 5.74) is 0.0400. The van der Waals surface area contributed by atoms with Crippen molar-refractivity contribution in [2.45, 2.75) is 50.6 Å². The fraction of sp³-hybridized carbons (Fsp3) is 0.485. The first-order valence-corrected chi connectivity index (χ1v) is 15.4. The lowest BCUT2D eigenvalue weighted by atomic mass is 9.83. The lowest BCUT2D eigenvalue weighted by molar-refractivity contribution is -0.180. The van der Waals surface area contributed by atoms with Crippen LogP contribution in [0.25, 0.3) is 0 Å². The third-order valence-electron chi connectivity index (χ3n) is 9.78. The molecule has 5 aliphatic rings. The third kappa shape index (κ3) is 5.63. The number of nitrogens with one attached hydrogen (secondary N) is 2. The van der Waals surface area contributed by atoms with Crippen molar-refractivity contribution in [3.05, 3.63) is 70.6 Å². The standard InChI is InChI=1S/C33H33F4N3O6/c1-44-26-9-4-17(13-40-32(43)23-14-45-15-27(23)46-40)11-22(26)30(41)39-29-20-7-6-19(21(20)10-16-2-3-16)28(29)31(42)38-25-8-5-18(34)12-24(25)33(35,36)37/h4-5,8-12,16,19-20,23,27-29H,2-3,6-7,13-15H2,1H3,(H,38,42)(H,39,41)/b21-10-/t19-,20+,23+,27-,28-,29+/m0/s1. The van der Waals surface area contributed by atoms with Crippen molar-refractivity contribution < 1.29 is 46.3 Å². The molecule has 2 N–H and O–H groups in total. The van der Waals surface area contributed by atoms with E-state index in [1.54, 1.807) is 18.2 Å². The average molecular weight is 644 g/mol. The summed E-state index contributed by atoms with van der Waals surface area (Å²) in [6.07, 6.45) is 0.394. The Morgan fingerprint density at radius 3 is 2.54 bits per heavy atom. The van der Waals surface area contributed by atoms with E-state index >= 15 is 0 Å². The highest BCUT2D eigenvalue weighted by molar-refractivity contribution is 5.99. The summed E-state index contributed by atoms with van der Waals surface area (Å²) in [7, 11) is 1.42. The molecule has 7 rings (SSSR count). The molecule has 3 amide bonds. The van der Waals surface area contributed by atoms with E-state index in [-0.39, 0.29) is 47.6 Å². The Hall–Kier alpha value is -3.97. The summed E-state index contributed by atoms with van der Waals surface area (Å²) in [5.74, 6) is -3.39. The highest BCUT2D eigenvalue weighted by Gasteiger charge is 2.55. The minimum Gasteiger partial charge on any atom is -0.496 e. The van der Waals surface area contributed by atoms with Gasteiger partial charge in [-0.2, -0.15) is 13.2 Å². The van der Waals surface area contributed by atoms with Gasteiger partial charge < -0.3 is 20.1 Å². The molecule has 2 aliphatic heterocycles. The number of hydrogen-bond donors (Lipinski definition) is 2. The number of halogens is 4. The minimum atomic E-state index is -4.89. The highest BCUT2D eigenvalue weighted by atomic mass is 19.4. The van der Waals surface area contributed by atoms with Gasteiger partial charge in [-0.05, 0) is 73.4 Å². The van der Waals surface area contributed by atoms with Gasteiger partial charge in [0.05, 0.1) is 55.5 Å². The summed E-state index contributed by atoms with van der Waals surface area (Å²) >= 11 is 0. The predicted octanol–water partition coefficient (Wildman–Crippen LogP) is 4.87. The number of fused-ring (bicyclic) bond motifs is 3. The zero-order valence-corrected chi connectivity index (χ0v) is 24.9. The van der Waals surface area contributed by atoms with Gasteiger partial charge in [-0.25, -0.2) is 9.45 Å². The number of anilines is 1. The lowest BCUT2D eigenvalue weighted by Gasteiger charge is -2.31. The molecule has 2 bridgehead atoms. The molecule has 2 aromatic rings. The van der Waals surface area contributed by atoms with Crippen LogP contribution in [-0.4, -0.2) is 55.3 Å². The second kappa shape index (κ2) is 11.7. The maximum atomic E-state index is 13.9. The second-order valence-electron chi connectivity index (χ2n) is 12.7. The fourth-order valence-corrected chi connectivity index (χ4v) is 7.45. The fourth-order valence-electron chi connectivity index (χ4n) is 7.45. The lowest BCUT2D eigenvalue weighted by Crippen LogP contribution is -2.48. The van der Waals surface area contributed by atoms with Crippen LogP contribution in [0.3, 0.4) is 0 Å². The van der Waals surface area contributed by atoms with Crippen molar-refractivity contribution >= 4 is 23.4 Å². The van der Waals surface area contributed by atoms with Crippen molar-refractivity contribution in [2.75, 3.05) is 25.6 Å². The molecular formula is C33H33F4N3O6. The Balaban J connectivity index is 1.15. The maximum Gasteiger partial charge on any atom is 0.418 e. The number of carbonyl (C=O) groups is 3.